The Morgan fingerprint density at radius 3 is 2.09 bits per heavy atom. The molecule has 1 aromatic rings. The molecule has 2 N–H and O–H groups in total. The fourth-order valence-corrected chi connectivity index (χ4v) is 1.93. The van der Waals surface area contributed by atoms with Gasteiger partial charge in [-0.1, -0.05) is 0 Å². The molecule has 1 atom stereocenters. The number of carboxylic acid groups (broad SMARTS) is 1. The highest BCUT2D eigenvalue weighted by atomic mass is 16.5. The first-order valence-corrected chi connectivity index (χ1v) is 6.75. The molecule has 0 aromatic heterocycles. The first-order valence-electron chi connectivity index (χ1n) is 6.75. The standard InChI is InChI=1S/C15H21NO6/c1-9(5-6-13(17)18)16-15(19)10-7-11(20-2)14(22-4)12(8-10)21-3/h7-9H,5-6H2,1-4H3,(H,16,19)(H,17,18). The van der Waals surface area contributed by atoms with Crippen LogP contribution in [0.3, 0.4) is 0 Å². The summed E-state index contributed by atoms with van der Waals surface area (Å²) in [5, 5.41) is 11.4. The van der Waals surface area contributed by atoms with Gasteiger partial charge in [-0.3, -0.25) is 9.59 Å². The summed E-state index contributed by atoms with van der Waals surface area (Å²) in [5.41, 5.74) is 0.344. The normalized spacial score (nSPS) is 11.5. The second kappa shape index (κ2) is 8.11. The highest BCUT2D eigenvalue weighted by Crippen LogP contribution is 2.38. The minimum Gasteiger partial charge on any atom is -0.493 e. The number of rotatable bonds is 8. The van der Waals surface area contributed by atoms with Crippen molar-refractivity contribution in [3.8, 4) is 17.2 Å². The molecule has 0 saturated heterocycles. The first-order chi connectivity index (χ1) is 10.4. The average Bonchev–Trinajstić information content (AvgIpc) is 2.51. The summed E-state index contributed by atoms with van der Waals surface area (Å²) < 4.78 is 15.6. The van der Waals surface area contributed by atoms with Crippen LogP contribution in [0.15, 0.2) is 12.1 Å². The van der Waals surface area contributed by atoms with Gasteiger partial charge < -0.3 is 24.6 Å². The first kappa shape index (κ1) is 17.6. The van der Waals surface area contributed by atoms with Crippen LogP contribution < -0.4 is 19.5 Å². The van der Waals surface area contributed by atoms with Crippen molar-refractivity contribution in [1.29, 1.82) is 0 Å². The fourth-order valence-electron chi connectivity index (χ4n) is 1.93. The molecule has 0 spiro atoms. The molecule has 7 heteroatoms. The molecule has 0 saturated carbocycles. The lowest BCUT2D eigenvalue weighted by Gasteiger charge is -2.16. The van der Waals surface area contributed by atoms with E-state index in [2.05, 4.69) is 5.32 Å². The minimum atomic E-state index is -0.895. The summed E-state index contributed by atoms with van der Waals surface area (Å²) in [6.07, 6.45) is 0.349. The summed E-state index contributed by atoms with van der Waals surface area (Å²) >= 11 is 0. The molecule has 0 radical (unpaired) electrons. The zero-order valence-electron chi connectivity index (χ0n) is 13.1. The molecule has 122 valence electrons. The van der Waals surface area contributed by atoms with Gasteiger partial charge in [0.15, 0.2) is 11.5 Å². The van der Waals surface area contributed by atoms with Crippen molar-refractivity contribution in [3.05, 3.63) is 17.7 Å². The topological polar surface area (TPSA) is 94.1 Å². The maximum absolute atomic E-state index is 12.2. The van der Waals surface area contributed by atoms with E-state index in [0.717, 1.165) is 0 Å². The number of hydrogen-bond donors (Lipinski definition) is 2. The number of hydrogen-bond acceptors (Lipinski definition) is 5. The number of carboxylic acids is 1. The van der Waals surface area contributed by atoms with Gasteiger partial charge in [0.1, 0.15) is 0 Å². The van der Waals surface area contributed by atoms with Crippen molar-refractivity contribution in [3.63, 3.8) is 0 Å². The lowest BCUT2D eigenvalue weighted by atomic mass is 10.1. The largest absolute Gasteiger partial charge is 0.493 e. The van der Waals surface area contributed by atoms with E-state index in [1.807, 2.05) is 0 Å². The number of benzene rings is 1. The van der Waals surface area contributed by atoms with Crippen LogP contribution in [-0.4, -0.2) is 44.4 Å². The highest BCUT2D eigenvalue weighted by Gasteiger charge is 2.18. The van der Waals surface area contributed by atoms with Gasteiger partial charge in [-0.15, -0.1) is 0 Å². The van der Waals surface area contributed by atoms with Gasteiger partial charge in [0.25, 0.3) is 5.91 Å². The zero-order chi connectivity index (χ0) is 16.7. The lowest BCUT2D eigenvalue weighted by Crippen LogP contribution is -2.33. The number of carbonyl (C=O) groups excluding carboxylic acids is 1. The highest BCUT2D eigenvalue weighted by molar-refractivity contribution is 5.95. The smallest absolute Gasteiger partial charge is 0.303 e. The summed E-state index contributed by atoms with van der Waals surface area (Å²) in [7, 11) is 4.41. The summed E-state index contributed by atoms with van der Waals surface area (Å²) in [6, 6.07) is 2.82. The minimum absolute atomic E-state index is 0.00327. The van der Waals surface area contributed by atoms with E-state index < -0.39 is 5.97 Å². The van der Waals surface area contributed by atoms with Gasteiger partial charge in [0.2, 0.25) is 5.75 Å². The van der Waals surface area contributed by atoms with Crippen LogP contribution in [0.2, 0.25) is 0 Å². The third-order valence-electron chi connectivity index (χ3n) is 3.10. The number of methoxy groups -OCH3 is 3. The van der Waals surface area contributed by atoms with Crippen LogP contribution in [0.25, 0.3) is 0 Å². The van der Waals surface area contributed by atoms with Gasteiger partial charge in [0.05, 0.1) is 21.3 Å². The van der Waals surface area contributed by atoms with E-state index in [0.29, 0.717) is 29.2 Å². The van der Waals surface area contributed by atoms with E-state index in [9.17, 15) is 9.59 Å². The second-order valence-electron chi connectivity index (χ2n) is 4.72. The molecule has 1 amide bonds. The molecule has 0 heterocycles. The number of nitrogens with one attached hydrogen (secondary N) is 1. The molecule has 1 unspecified atom stereocenters. The van der Waals surface area contributed by atoms with Crippen molar-refractivity contribution in [2.75, 3.05) is 21.3 Å². The van der Waals surface area contributed by atoms with Gasteiger partial charge in [-0.25, -0.2) is 0 Å². The Labute approximate surface area is 129 Å². The molecule has 0 aliphatic heterocycles. The van der Waals surface area contributed by atoms with Crippen LogP contribution in [0.5, 0.6) is 17.2 Å². The Hall–Kier alpha value is -2.44. The van der Waals surface area contributed by atoms with Crippen molar-refractivity contribution >= 4 is 11.9 Å². The second-order valence-corrected chi connectivity index (χ2v) is 4.72. The van der Waals surface area contributed by atoms with Crippen LogP contribution in [0, 0.1) is 0 Å². The zero-order valence-corrected chi connectivity index (χ0v) is 13.1. The maximum atomic E-state index is 12.2. The van der Waals surface area contributed by atoms with Crippen LogP contribution in [-0.2, 0) is 4.79 Å². The van der Waals surface area contributed by atoms with Crippen molar-refractivity contribution in [1.82, 2.24) is 5.32 Å². The van der Waals surface area contributed by atoms with Gasteiger partial charge in [-0.05, 0) is 25.5 Å². The van der Waals surface area contributed by atoms with Crippen molar-refractivity contribution in [2.24, 2.45) is 0 Å². The quantitative estimate of drug-likeness (QED) is 0.759. The van der Waals surface area contributed by atoms with E-state index in [1.54, 1.807) is 19.1 Å². The average molecular weight is 311 g/mol. The van der Waals surface area contributed by atoms with Crippen LogP contribution >= 0.6 is 0 Å². The molecule has 1 rings (SSSR count). The SMILES string of the molecule is COc1cc(C(=O)NC(C)CCC(=O)O)cc(OC)c1OC. The fraction of sp³-hybridized carbons (Fsp3) is 0.467. The van der Waals surface area contributed by atoms with Crippen LogP contribution in [0.4, 0.5) is 0 Å². The van der Waals surface area contributed by atoms with Gasteiger partial charge in [-0.2, -0.15) is 0 Å². The van der Waals surface area contributed by atoms with E-state index >= 15 is 0 Å². The molecule has 0 aliphatic carbocycles. The number of aliphatic carboxylic acids is 1. The van der Waals surface area contributed by atoms with E-state index in [4.69, 9.17) is 19.3 Å². The Bertz CT molecular complexity index is 518. The van der Waals surface area contributed by atoms with Gasteiger partial charge in [0, 0.05) is 18.0 Å². The monoisotopic (exact) mass is 311 g/mol. The molecule has 0 fully saturated rings. The Morgan fingerprint density at radius 2 is 1.68 bits per heavy atom. The molecular formula is C15H21NO6. The van der Waals surface area contributed by atoms with Crippen molar-refractivity contribution < 1.29 is 28.9 Å². The third-order valence-corrected chi connectivity index (χ3v) is 3.10. The van der Waals surface area contributed by atoms with E-state index in [-0.39, 0.29) is 18.4 Å². The number of amides is 1. The molecular weight excluding hydrogens is 290 g/mol. The maximum Gasteiger partial charge on any atom is 0.303 e. The molecule has 0 aliphatic rings. The number of carbonyl (C=O) groups is 2. The van der Waals surface area contributed by atoms with Gasteiger partial charge >= 0.3 is 5.97 Å². The molecule has 1 aromatic carbocycles. The van der Waals surface area contributed by atoms with E-state index in [1.165, 1.54) is 21.3 Å². The Kier molecular flexibility index (Phi) is 6.49. The summed E-state index contributed by atoms with van der Waals surface area (Å²) in [6.45, 7) is 1.75. The number of ether oxygens (including phenoxy) is 3. The lowest BCUT2D eigenvalue weighted by molar-refractivity contribution is -0.137. The molecule has 7 nitrogen and oxygen atoms in total. The Morgan fingerprint density at radius 1 is 1.14 bits per heavy atom. The third kappa shape index (κ3) is 4.54. The summed E-state index contributed by atoms with van der Waals surface area (Å²) in [5.74, 6) is -0.0677. The van der Waals surface area contributed by atoms with Crippen molar-refractivity contribution in [2.45, 2.75) is 25.8 Å². The summed E-state index contributed by atoms with van der Waals surface area (Å²) in [4.78, 5) is 22.8. The Balaban J connectivity index is 2.91. The molecule has 22 heavy (non-hydrogen) atoms. The predicted molar refractivity (Wildman–Crippen MR) is 79.9 cm³/mol. The molecule has 0 bridgehead atoms. The predicted octanol–water partition coefficient (Wildman–Crippen LogP) is 1.70. The van der Waals surface area contributed by atoms with Crippen LogP contribution in [0.1, 0.15) is 30.1 Å².